The summed E-state index contributed by atoms with van der Waals surface area (Å²) in [5.74, 6) is 0. The molecule has 1 aliphatic rings. The molecule has 0 spiro atoms. The number of benzene rings is 1. The molecule has 0 heterocycles. The van der Waals surface area contributed by atoms with Gasteiger partial charge < -0.3 is 10.4 Å². The van der Waals surface area contributed by atoms with Crippen molar-refractivity contribution >= 4 is 33.2 Å². The van der Waals surface area contributed by atoms with E-state index >= 15 is 0 Å². The summed E-state index contributed by atoms with van der Waals surface area (Å²) in [7, 11) is 0. The molecule has 2 rings (SSSR count). The van der Waals surface area contributed by atoms with E-state index in [0.29, 0.717) is 5.02 Å². The van der Waals surface area contributed by atoms with Gasteiger partial charge in [-0.3, -0.25) is 0 Å². The number of hydrogen-bond donors (Lipinski definition) is 2. The first-order valence-electron chi connectivity index (χ1n) is 5.56. The van der Waals surface area contributed by atoms with Crippen LogP contribution in [-0.4, -0.2) is 17.3 Å². The second kappa shape index (κ2) is 5.39. The molecule has 0 saturated heterocycles. The Hall–Kier alpha value is -0.250. The highest BCUT2D eigenvalue weighted by Gasteiger charge is 2.23. The molecular formula is C12H15BrClNO. The molecule has 2 N–H and O–H groups in total. The molecule has 0 aromatic heterocycles. The quantitative estimate of drug-likeness (QED) is 0.870. The van der Waals surface area contributed by atoms with Crippen molar-refractivity contribution in [3.05, 3.63) is 27.7 Å². The maximum Gasteiger partial charge on any atom is 0.0741 e. The summed E-state index contributed by atoms with van der Waals surface area (Å²) in [6, 6.07) is 5.81. The highest BCUT2D eigenvalue weighted by molar-refractivity contribution is 9.10. The maximum absolute atomic E-state index is 9.87. The van der Waals surface area contributed by atoms with E-state index in [1.807, 2.05) is 18.2 Å². The van der Waals surface area contributed by atoms with Gasteiger partial charge in [-0.2, -0.15) is 0 Å². The Morgan fingerprint density at radius 2 is 2.06 bits per heavy atom. The van der Waals surface area contributed by atoms with Crippen molar-refractivity contribution in [2.24, 2.45) is 0 Å². The molecule has 1 fully saturated rings. The first-order valence-corrected chi connectivity index (χ1v) is 6.73. The molecule has 0 radical (unpaired) electrons. The molecule has 2 nitrogen and oxygen atoms in total. The highest BCUT2D eigenvalue weighted by Crippen LogP contribution is 2.29. The van der Waals surface area contributed by atoms with Gasteiger partial charge in [0.15, 0.2) is 0 Å². The van der Waals surface area contributed by atoms with Crippen LogP contribution in [0.4, 0.5) is 5.69 Å². The number of hydrogen-bond acceptors (Lipinski definition) is 2. The van der Waals surface area contributed by atoms with E-state index in [9.17, 15) is 5.11 Å². The topological polar surface area (TPSA) is 32.3 Å². The van der Waals surface area contributed by atoms with E-state index in [0.717, 1.165) is 29.4 Å². The molecule has 88 valence electrons. The van der Waals surface area contributed by atoms with E-state index in [1.165, 1.54) is 6.42 Å². The lowest BCUT2D eigenvalue weighted by molar-refractivity contribution is 0.116. The largest absolute Gasteiger partial charge is 0.391 e. The number of aliphatic hydroxyl groups excluding tert-OH is 1. The maximum atomic E-state index is 9.87. The summed E-state index contributed by atoms with van der Waals surface area (Å²) in [5.41, 5.74) is 0.996. The van der Waals surface area contributed by atoms with Gasteiger partial charge >= 0.3 is 0 Å². The van der Waals surface area contributed by atoms with Crippen molar-refractivity contribution in [1.29, 1.82) is 0 Å². The molecule has 1 aromatic rings. The predicted octanol–water partition coefficient (Wildman–Crippen LogP) is 3.82. The van der Waals surface area contributed by atoms with Crippen molar-refractivity contribution in [3.8, 4) is 0 Å². The van der Waals surface area contributed by atoms with Crippen LogP contribution in [0.3, 0.4) is 0 Å². The van der Waals surface area contributed by atoms with Crippen LogP contribution in [0, 0.1) is 0 Å². The van der Waals surface area contributed by atoms with E-state index < -0.39 is 0 Å². The van der Waals surface area contributed by atoms with E-state index in [4.69, 9.17) is 11.6 Å². The summed E-state index contributed by atoms with van der Waals surface area (Å²) in [6.45, 7) is 0. The van der Waals surface area contributed by atoms with Crippen molar-refractivity contribution in [2.75, 3.05) is 5.32 Å². The van der Waals surface area contributed by atoms with Crippen LogP contribution in [-0.2, 0) is 0 Å². The van der Waals surface area contributed by atoms with Gasteiger partial charge in [0.05, 0.1) is 12.1 Å². The summed E-state index contributed by atoms with van der Waals surface area (Å²) in [5, 5.41) is 14.0. The average Bonchev–Trinajstić information content (AvgIpc) is 2.25. The lowest BCUT2D eigenvalue weighted by Crippen LogP contribution is -2.36. The fourth-order valence-corrected chi connectivity index (χ4v) is 2.88. The van der Waals surface area contributed by atoms with Gasteiger partial charge in [0.25, 0.3) is 0 Å². The molecule has 0 amide bonds. The highest BCUT2D eigenvalue weighted by atomic mass is 79.9. The lowest BCUT2D eigenvalue weighted by Gasteiger charge is -2.29. The Morgan fingerprint density at radius 1 is 1.31 bits per heavy atom. The van der Waals surface area contributed by atoms with Crippen LogP contribution < -0.4 is 5.32 Å². The zero-order valence-electron chi connectivity index (χ0n) is 8.92. The number of nitrogens with one attached hydrogen (secondary N) is 1. The standard InChI is InChI=1S/C12H15BrClNO/c13-9-7-8(14)5-6-10(9)15-11-3-1-2-4-12(11)16/h5-7,11-12,15-16H,1-4H2. The predicted molar refractivity (Wildman–Crippen MR) is 71.0 cm³/mol. The van der Waals surface area contributed by atoms with E-state index in [1.54, 1.807) is 0 Å². The first-order chi connectivity index (χ1) is 7.66. The summed E-state index contributed by atoms with van der Waals surface area (Å²) in [6.07, 6.45) is 3.98. The van der Waals surface area contributed by atoms with Crippen molar-refractivity contribution in [1.82, 2.24) is 0 Å². The second-order valence-corrected chi connectivity index (χ2v) is 5.52. The number of aliphatic hydroxyl groups is 1. The fraction of sp³-hybridized carbons (Fsp3) is 0.500. The van der Waals surface area contributed by atoms with Gasteiger partial charge in [-0.15, -0.1) is 0 Å². The Kier molecular flexibility index (Phi) is 4.11. The van der Waals surface area contributed by atoms with Crippen molar-refractivity contribution in [2.45, 2.75) is 37.8 Å². The number of halogens is 2. The molecule has 0 aliphatic heterocycles. The molecular weight excluding hydrogens is 289 g/mol. The second-order valence-electron chi connectivity index (χ2n) is 4.23. The minimum Gasteiger partial charge on any atom is -0.391 e. The SMILES string of the molecule is OC1CCCCC1Nc1ccc(Cl)cc1Br. The van der Waals surface area contributed by atoms with Crippen LogP contribution in [0.25, 0.3) is 0 Å². The zero-order chi connectivity index (χ0) is 11.5. The third-order valence-electron chi connectivity index (χ3n) is 3.00. The van der Waals surface area contributed by atoms with Gasteiger partial charge in [0, 0.05) is 15.2 Å². The molecule has 4 heteroatoms. The number of rotatable bonds is 2. The summed E-state index contributed by atoms with van der Waals surface area (Å²) in [4.78, 5) is 0. The Labute approximate surface area is 109 Å². The monoisotopic (exact) mass is 303 g/mol. The molecule has 2 unspecified atom stereocenters. The van der Waals surface area contributed by atoms with Crippen LogP contribution in [0.1, 0.15) is 25.7 Å². The van der Waals surface area contributed by atoms with E-state index in [2.05, 4.69) is 21.2 Å². The van der Waals surface area contributed by atoms with E-state index in [-0.39, 0.29) is 12.1 Å². The van der Waals surface area contributed by atoms with Gasteiger partial charge in [-0.1, -0.05) is 24.4 Å². The minimum atomic E-state index is -0.240. The van der Waals surface area contributed by atoms with Gasteiger partial charge in [-0.05, 0) is 47.0 Å². The van der Waals surface area contributed by atoms with Gasteiger partial charge in [0.2, 0.25) is 0 Å². The van der Waals surface area contributed by atoms with Crippen LogP contribution in [0.2, 0.25) is 5.02 Å². The normalized spacial score (nSPS) is 25.4. The van der Waals surface area contributed by atoms with Crippen LogP contribution in [0.15, 0.2) is 22.7 Å². The van der Waals surface area contributed by atoms with Crippen molar-refractivity contribution in [3.63, 3.8) is 0 Å². The molecule has 16 heavy (non-hydrogen) atoms. The zero-order valence-corrected chi connectivity index (χ0v) is 11.3. The first kappa shape index (κ1) is 12.2. The Bertz CT molecular complexity index is 372. The molecule has 2 atom stereocenters. The Morgan fingerprint density at radius 3 is 2.75 bits per heavy atom. The Balaban J connectivity index is 2.07. The molecule has 1 aromatic carbocycles. The third kappa shape index (κ3) is 2.90. The number of anilines is 1. The third-order valence-corrected chi connectivity index (χ3v) is 3.89. The smallest absolute Gasteiger partial charge is 0.0741 e. The summed E-state index contributed by atoms with van der Waals surface area (Å²) >= 11 is 9.35. The van der Waals surface area contributed by atoms with Crippen LogP contribution in [0.5, 0.6) is 0 Å². The lowest BCUT2D eigenvalue weighted by atomic mass is 9.92. The molecule has 1 saturated carbocycles. The van der Waals surface area contributed by atoms with Crippen molar-refractivity contribution < 1.29 is 5.11 Å². The van der Waals surface area contributed by atoms with Crippen LogP contribution >= 0.6 is 27.5 Å². The minimum absolute atomic E-state index is 0.159. The summed E-state index contributed by atoms with van der Waals surface area (Å²) < 4.78 is 0.942. The average molecular weight is 305 g/mol. The molecule has 1 aliphatic carbocycles. The van der Waals surface area contributed by atoms with Gasteiger partial charge in [-0.25, -0.2) is 0 Å². The van der Waals surface area contributed by atoms with Gasteiger partial charge in [0.1, 0.15) is 0 Å². The molecule has 0 bridgehead atoms. The fourth-order valence-electron chi connectivity index (χ4n) is 2.09.